The lowest BCUT2D eigenvalue weighted by Gasteiger charge is -2.18. The Kier molecular flexibility index (Phi) is 2.83. The molecule has 15 heavy (non-hydrogen) atoms. The van der Waals surface area contributed by atoms with Crippen LogP contribution in [0.3, 0.4) is 0 Å². The van der Waals surface area contributed by atoms with E-state index in [0.29, 0.717) is 11.2 Å². The van der Waals surface area contributed by atoms with E-state index in [1.165, 1.54) is 11.1 Å². The first kappa shape index (κ1) is 10.7. The molecule has 1 fully saturated rings. The van der Waals surface area contributed by atoms with Crippen LogP contribution in [0.4, 0.5) is 5.69 Å². The van der Waals surface area contributed by atoms with Gasteiger partial charge in [0.25, 0.3) is 0 Å². The molecule has 1 amide bonds. The normalized spacial score (nSPS) is 21.1. The number of alkyl halides is 1. The second kappa shape index (κ2) is 3.97. The summed E-state index contributed by atoms with van der Waals surface area (Å²) in [5.74, 6) is 0.212. The van der Waals surface area contributed by atoms with Crippen molar-refractivity contribution in [1.29, 1.82) is 0 Å². The molecular weight excluding hydrogens is 254 g/mol. The first-order chi connectivity index (χ1) is 7.08. The minimum Gasteiger partial charge on any atom is -0.311 e. The Morgan fingerprint density at radius 1 is 1.40 bits per heavy atom. The highest BCUT2D eigenvalue weighted by Gasteiger charge is 2.29. The second-order valence-corrected chi connectivity index (χ2v) is 5.39. The van der Waals surface area contributed by atoms with Gasteiger partial charge in [0.15, 0.2) is 0 Å². The standard InChI is InChI=1S/C12H14BrNO/c1-8-3-4-11(9(2)5-8)14-7-10(13)6-12(14)15/h3-5,10H,6-7H2,1-2H3. The fraction of sp³-hybridized carbons (Fsp3) is 0.417. The van der Waals surface area contributed by atoms with E-state index in [4.69, 9.17) is 0 Å². The van der Waals surface area contributed by atoms with Gasteiger partial charge >= 0.3 is 0 Å². The van der Waals surface area contributed by atoms with Gasteiger partial charge in [-0.3, -0.25) is 4.79 Å². The van der Waals surface area contributed by atoms with Crippen LogP contribution < -0.4 is 4.90 Å². The van der Waals surface area contributed by atoms with Gasteiger partial charge in [-0.1, -0.05) is 33.6 Å². The third-order valence-electron chi connectivity index (χ3n) is 2.72. The molecule has 1 atom stereocenters. The predicted molar refractivity (Wildman–Crippen MR) is 65.6 cm³/mol. The van der Waals surface area contributed by atoms with E-state index >= 15 is 0 Å². The quantitative estimate of drug-likeness (QED) is 0.717. The summed E-state index contributed by atoms with van der Waals surface area (Å²) in [4.78, 5) is 13.9. The van der Waals surface area contributed by atoms with Crippen LogP contribution in [0.1, 0.15) is 17.5 Å². The topological polar surface area (TPSA) is 20.3 Å². The Morgan fingerprint density at radius 3 is 2.67 bits per heavy atom. The number of halogens is 1. The van der Waals surface area contributed by atoms with Crippen molar-refractivity contribution in [3.05, 3.63) is 29.3 Å². The van der Waals surface area contributed by atoms with Gasteiger partial charge in [-0.25, -0.2) is 0 Å². The fourth-order valence-electron chi connectivity index (χ4n) is 2.01. The van der Waals surface area contributed by atoms with Crippen LogP contribution in [0.5, 0.6) is 0 Å². The minimum absolute atomic E-state index is 0.212. The number of rotatable bonds is 1. The maximum absolute atomic E-state index is 11.7. The van der Waals surface area contributed by atoms with Crippen molar-refractivity contribution in [2.24, 2.45) is 0 Å². The first-order valence-electron chi connectivity index (χ1n) is 5.09. The number of amides is 1. The van der Waals surface area contributed by atoms with Crippen LogP contribution in [-0.2, 0) is 4.79 Å². The molecule has 1 aliphatic rings. The van der Waals surface area contributed by atoms with Crippen LogP contribution in [0.15, 0.2) is 18.2 Å². The van der Waals surface area contributed by atoms with Gasteiger partial charge in [-0.2, -0.15) is 0 Å². The molecule has 1 aromatic carbocycles. The average molecular weight is 268 g/mol. The summed E-state index contributed by atoms with van der Waals surface area (Å²) in [5.41, 5.74) is 3.45. The van der Waals surface area contributed by atoms with Crippen LogP contribution in [0, 0.1) is 13.8 Å². The van der Waals surface area contributed by atoms with Crippen molar-refractivity contribution >= 4 is 27.5 Å². The third kappa shape index (κ3) is 2.07. The predicted octanol–water partition coefficient (Wildman–Crippen LogP) is 2.80. The van der Waals surface area contributed by atoms with Gasteiger partial charge in [-0.05, 0) is 25.5 Å². The fourth-order valence-corrected chi connectivity index (χ4v) is 2.57. The van der Waals surface area contributed by atoms with Gasteiger partial charge in [0.05, 0.1) is 0 Å². The highest BCUT2D eigenvalue weighted by molar-refractivity contribution is 9.09. The van der Waals surface area contributed by atoms with Crippen molar-refractivity contribution in [2.75, 3.05) is 11.4 Å². The number of aryl methyl sites for hydroxylation is 2. The zero-order valence-electron chi connectivity index (χ0n) is 8.96. The lowest BCUT2D eigenvalue weighted by molar-refractivity contribution is -0.117. The van der Waals surface area contributed by atoms with Gasteiger partial charge in [0.1, 0.15) is 0 Å². The van der Waals surface area contributed by atoms with E-state index < -0.39 is 0 Å². The van der Waals surface area contributed by atoms with E-state index in [1.54, 1.807) is 0 Å². The number of anilines is 1. The highest BCUT2D eigenvalue weighted by atomic mass is 79.9. The molecule has 1 heterocycles. The number of nitrogens with zero attached hydrogens (tertiary/aromatic N) is 1. The number of hydrogen-bond donors (Lipinski definition) is 0. The van der Waals surface area contributed by atoms with E-state index in [0.717, 1.165) is 12.2 Å². The summed E-state index contributed by atoms with van der Waals surface area (Å²) in [5, 5.41) is 0. The van der Waals surface area contributed by atoms with Gasteiger partial charge in [0.2, 0.25) is 5.91 Å². The summed E-state index contributed by atoms with van der Waals surface area (Å²) in [6.45, 7) is 4.90. The van der Waals surface area contributed by atoms with Crippen LogP contribution in [0.25, 0.3) is 0 Å². The first-order valence-corrected chi connectivity index (χ1v) is 6.01. The maximum Gasteiger partial charge on any atom is 0.228 e. The molecule has 1 aliphatic heterocycles. The number of carbonyl (C=O) groups excluding carboxylic acids is 1. The Labute approximate surface area is 98.4 Å². The third-order valence-corrected chi connectivity index (χ3v) is 3.33. The highest BCUT2D eigenvalue weighted by Crippen LogP contribution is 2.28. The average Bonchev–Trinajstić information content (AvgIpc) is 2.45. The largest absolute Gasteiger partial charge is 0.311 e. The minimum atomic E-state index is 0.212. The number of carbonyl (C=O) groups is 1. The van der Waals surface area contributed by atoms with Gasteiger partial charge in [-0.15, -0.1) is 0 Å². The lowest BCUT2D eigenvalue weighted by Crippen LogP contribution is -2.25. The molecule has 2 rings (SSSR count). The molecule has 0 spiro atoms. The van der Waals surface area contributed by atoms with Crippen molar-refractivity contribution < 1.29 is 4.79 Å². The number of hydrogen-bond acceptors (Lipinski definition) is 1. The second-order valence-electron chi connectivity index (χ2n) is 4.10. The summed E-state index contributed by atoms with van der Waals surface area (Å²) in [6.07, 6.45) is 0.604. The molecule has 1 unspecified atom stereocenters. The summed E-state index contributed by atoms with van der Waals surface area (Å²) < 4.78 is 0. The van der Waals surface area contributed by atoms with Crippen LogP contribution in [-0.4, -0.2) is 17.3 Å². The smallest absolute Gasteiger partial charge is 0.228 e. The Balaban J connectivity index is 2.34. The van der Waals surface area contributed by atoms with Crippen LogP contribution in [0.2, 0.25) is 0 Å². The monoisotopic (exact) mass is 267 g/mol. The molecule has 0 aromatic heterocycles. The van der Waals surface area contributed by atoms with Crippen molar-refractivity contribution in [3.8, 4) is 0 Å². The molecule has 0 radical (unpaired) electrons. The molecule has 0 saturated carbocycles. The Hall–Kier alpha value is -0.830. The Morgan fingerprint density at radius 2 is 2.13 bits per heavy atom. The number of benzene rings is 1. The van der Waals surface area contributed by atoms with Crippen molar-refractivity contribution in [2.45, 2.75) is 25.1 Å². The summed E-state index contributed by atoms with van der Waals surface area (Å²) in [6, 6.07) is 6.20. The molecule has 2 nitrogen and oxygen atoms in total. The summed E-state index contributed by atoms with van der Waals surface area (Å²) >= 11 is 3.49. The van der Waals surface area contributed by atoms with E-state index in [2.05, 4.69) is 41.9 Å². The molecule has 0 bridgehead atoms. The SMILES string of the molecule is Cc1ccc(N2CC(Br)CC2=O)c(C)c1. The summed E-state index contributed by atoms with van der Waals surface area (Å²) in [7, 11) is 0. The van der Waals surface area contributed by atoms with Crippen molar-refractivity contribution in [1.82, 2.24) is 0 Å². The maximum atomic E-state index is 11.7. The molecule has 0 N–H and O–H groups in total. The van der Waals surface area contributed by atoms with E-state index in [-0.39, 0.29) is 5.91 Å². The zero-order chi connectivity index (χ0) is 11.0. The molecule has 3 heteroatoms. The van der Waals surface area contributed by atoms with E-state index in [9.17, 15) is 4.79 Å². The van der Waals surface area contributed by atoms with Crippen LogP contribution >= 0.6 is 15.9 Å². The molecule has 0 aliphatic carbocycles. The van der Waals surface area contributed by atoms with Crippen molar-refractivity contribution in [3.63, 3.8) is 0 Å². The lowest BCUT2D eigenvalue weighted by atomic mass is 10.1. The molecular formula is C12H14BrNO. The van der Waals surface area contributed by atoms with E-state index in [1.807, 2.05) is 11.0 Å². The Bertz CT molecular complexity index is 403. The van der Waals surface area contributed by atoms with Gasteiger partial charge in [0, 0.05) is 23.5 Å². The van der Waals surface area contributed by atoms with Gasteiger partial charge < -0.3 is 4.90 Å². The molecule has 80 valence electrons. The zero-order valence-corrected chi connectivity index (χ0v) is 10.5. The molecule has 1 aromatic rings. The molecule has 1 saturated heterocycles.